The highest BCUT2D eigenvalue weighted by molar-refractivity contribution is 5.32. The third-order valence-electron chi connectivity index (χ3n) is 1.35. The van der Waals surface area contributed by atoms with Gasteiger partial charge in [0.05, 0.1) is 7.11 Å². The van der Waals surface area contributed by atoms with Crippen LogP contribution >= 0.6 is 0 Å². The molecule has 0 heterocycles. The van der Waals surface area contributed by atoms with Crippen LogP contribution in [0.4, 0.5) is 0 Å². The molecule has 1 aromatic carbocycles. The van der Waals surface area contributed by atoms with E-state index in [9.17, 15) is 0 Å². The first-order valence-corrected chi connectivity index (χ1v) is 3.71. The van der Waals surface area contributed by atoms with Gasteiger partial charge < -0.3 is 14.6 Å². The molecular weight excluding hydrogens is 156 g/mol. The van der Waals surface area contributed by atoms with Gasteiger partial charge in [-0.3, -0.25) is 0 Å². The summed E-state index contributed by atoms with van der Waals surface area (Å²) in [6, 6.07) is 7.09. The van der Waals surface area contributed by atoms with Crippen molar-refractivity contribution in [3.05, 3.63) is 24.3 Å². The fraction of sp³-hybridized carbons (Fsp3) is 0.333. The number of hydrogen-bond donors (Lipinski definition) is 1. The van der Waals surface area contributed by atoms with Crippen molar-refractivity contribution in [1.82, 2.24) is 0 Å². The molecule has 1 atom stereocenters. The predicted molar refractivity (Wildman–Crippen MR) is 45.3 cm³/mol. The number of ether oxygens (including phenoxy) is 2. The van der Waals surface area contributed by atoms with E-state index in [1.807, 2.05) is 6.07 Å². The number of aliphatic hydroxyl groups is 1. The smallest absolute Gasteiger partial charge is 0.194 e. The number of rotatable bonds is 3. The van der Waals surface area contributed by atoms with Crippen LogP contribution < -0.4 is 9.47 Å². The summed E-state index contributed by atoms with van der Waals surface area (Å²) in [5, 5.41) is 8.91. The summed E-state index contributed by atoms with van der Waals surface area (Å²) in [4.78, 5) is 0. The number of aliphatic hydroxyl groups excluding tert-OH is 1. The molecule has 0 fully saturated rings. The zero-order valence-corrected chi connectivity index (χ0v) is 7.15. The molecular formula is C9H12O3. The molecule has 0 spiro atoms. The van der Waals surface area contributed by atoms with Gasteiger partial charge >= 0.3 is 0 Å². The van der Waals surface area contributed by atoms with Crippen LogP contribution in [-0.2, 0) is 0 Å². The maximum Gasteiger partial charge on any atom is 0.194 e. The highest BCUT2D eigenvalue weighted by Crippen LogP contribution is 2.19. The quantitative estimate of drug-likeness (QED) is 0.693. The first kappa shape index (κ1) is 8.87. The van der Waals surface area contributed by atoms with Gasteiger partial charge in [0.2, 0.25) is 0 Å². The molecule has 1 rings (SSSR count). The van der Waals surface area contributed by atoms with Crippen LogP contribution in [0.2, 0.25) is 0 Å². The van der Waals surface area contributed by atoms with Crippen molar-refractivity contribution in [2.24, 2.45) is 0 Å². The third-order valence-corrected chi connectivity index (χ3v) is 1.35. The second-order valence-corrected chi connectivity index (χ2v) is 2.40. The summed E-state index contributed by atoms with van der Waals surface area (Å²) in [5.41, 5.74) is 0. The zero-order valence-electron chi connectivity index (χ0n) is 7.15. The summed E-state index contributed by atoms with van der Waals surface area (Å²) < 4.78 is 10.0. The predicted octanol–water partition coefficient (Wildman–Crippen LogP) is 1.41. The molecule has 1 aromatic rings. The van der Waals surface area contributed by atoms with Gasteiger partial charge in [0.15, 0.2) is 6.29 Å². The summed E-state index contributed by atoms with van der Waals surface area (Å²) in [6.07, 6.45) is -0.794. The number of benzene rings is 1. The van der Waals surface area contributed by atoms with Crippen LogP contribution in [0.1, 0.15) is 6.92 Å². The lowest BCUT2D eigenvalue weighted by Crippen LogP contribution is -2.09. The van der Waals surface area contributed by atoms with Crippen LogP contribution in [-0.4, -0.2) is 18.5 Å². The molecule has 0 aliphatic rings. The Morgan fingerprint density at radius 2 is 2.00 bits per heavy atom. The van der Waals surface area contributed by atoms with Crippen LogP contribution in [0.25, 0.3) is 0 Å². The molecule has 0 bridgehead atoms. The Labute approximate surface area is 71.5 Å². The Balaban J connectivity index is 2.72. The van der Waals surface area contributed by atoms with Gasteiger partial charge in [-0.2, -0.15) is 0 Å². The molecule has 66 valence electrons. The molecule has 0 saturated heterocycles. The van der Waals surface area contributed by atoms with Crippen molar-refractivity contribution in [2.45, 2.75) is 13.2 Å². The Bertz CT molecular complexity index is 245. The van der Waals surface area contributed by atoms with Crippen LogP contribution in [0, 0.1) is 0 Å². The number of hydrogen-bond acceptors (Lipinski definition) is 3. The van der Waals surface area contributed by atoms with Gasteiger partial charge in [-0.25, -0.2) is 0 Å². The van der Waals surface area contributed by atoms with E-state index in [-0.39, 0.29) is 0 Å². The normalized spacial score (nSPS) is 12.2. The average Bonchev–Trinajstić information content (AvgIpc) is 2.03. The van der Waals surface area contributed by atoms with Gasteiger partial charge in [-0.15, -0.1) is 0 Å². The van der Waals surface area contributed by atoms with Gasteiger partial charge in [0.1, 0.15) is 11.5 Å². The molecule has 0 aliphatic heterocycles. The van der Waals surface area contributed by atoms with Crippen molar-refractivity contribution >= 4 is 0 Å². The van der Waals surface area contributed by atoms with Crippen LogP contribution in [0.3, 0.4) is 0 Å². The van der Waals surface area contributed by atoms with Crippen molar-refractivity contribution in [3.63, 3.8) is 0 Å². The molecule has 1 N–H and O–H groups in total. The van der Waals surface area contributed by atoms with E-state index in [2.05, 4.69) is 0 Å². The minimum absolute atomic E-state index is 0.601. The molecule has 1 unspecified atom stereocenters. The minimum Gasteiger partial charge on any atom is -0.497 e. The highest BCUT2D eigenvalue weighted by atomic mass is 16.6. The van der Waals surface area contributed by atoms with E-state index in [0.717, 1.165) is 0 Å². The Hall–Kier alpha value is -1.22. The molecule has 0 aromatic heterocycles. The fourth-order valence-corrected chi connectivity index (χ4v) is 0.871. The Kier molecular flexibility index (Phi) is 2.94. The maximum atomic E-state index is 8.91. The van der Waals surface area contributed by atoms with E-state index in [0.29, 0.717) is 11.5 Å². The van der Waals surface area contributed by atoms with Gasteiger partial charge in [0, 0.05) is 6.07 Å². The van der Waals surface area contributed by atoms with Crippen molar-refractivity contribution in [2.75, 3.05) is 7.11 Å². The molecule has 0 radical (unpaired) electrons. The Morgan fingerprint density at radius 3 is 2.58 bits per heavy atom. The summed E-state index contributed by atoms with van der Waals surface area (Å²) in [7, 11) is 1.58. The second kappa shape index (κ2) is 3.97. The monoisotopic (exact) mass is 168 g/mol. The first-order chi connectivity index (χ1) is 5.72. The first-order valence-electron chi connectivity index (χ1n) is 3.71. The van der Waals surface area contributed by atoms with Crippen LogP contribution in [0.5, 0.6) is 11.5 Å². The van der Waals surface area contributed by atoms with Crippen LogP contribution in [0.15, 0.2) is 24.3 Å². The third kappa shape index (κ3) is 2.43. The van der Waals surface area contributed by atoms with Gasteiger partial charge in [-0.05, 0) is 19.1 Å². The molecule has 0 amide bonds. The van der Waals surface area contributed by atoms with Crippen molar-refractivity contribution < 1.29 is 14.6 Å². The maximum absolute atomic E-state index is 8.91. The van der Waals surface area contributed by atoms with Crippen molar-refractivity contribution in [1.29, 1.82) is 0 Å². The molecule has 12 heavy (non-hydrogen) atoms. The standard InChI is InChI=1S/C9H12O3/c1-7(10)12-9-5-3-4-8(6-9)11-2/h3-7,10H,1-2H3. The summed E-state index contributed by atoms with van der Waals surface area (Å²) >= 11 is 0. The summed E-state index contributed by atoms with van der Waals surface area (Å²) in [6.45, 7) is 1.56. The molecule has 3 heteroatoms. The lowest BCUT2D eigenvalue weighted by Gasteiger charge is -2.08. The lowest BCUT2D eigenvalue weighted by atomic mass is 10.3. The largest absolute Gasteiger partial charge is 0.497 e. The molecule has 3 nitrogen and oxygen atoms in total. The average molecular weight is 168 g/mol. The van der Waals surface area contributed by atoms with E-state index < -0.39 is 6.29 Å². The zero-order chi connectivity index (χ0) is 8.97. The SMILES string of the molecule is COc1cccc(OC(C)O)c1. The van der Waals surface area contributed by atoms with E-state index in [4.69, 9.17) is 14.6 Å². The topological polar surface area (TPSA) is 38.7 Å². The van der Waals surface area contributed by atoms with Gasteiger partial charge in [-0.1, -0.05) is 6.07 Å². The van der Waals surface area contributed by atoms with E-state index >= 15 is 0 Å². The van der Waals surface area contributed by atoms with Crippen molar-refractivity contribution in [3.8, 4) is 11.5 Å². The fourth-order valence-electron chi connectivity index (χ4n) is 0.871. The van der Waals surface area contributed by atoms with Gasteiger partial charge in [0.25, 0.3) is 0 Å². The van der Waals surface area contributed by atoms with E-state index in [1.54, 1.807) is 32.2 Å². The summed E-state index contributed by atoms with van der Waals surface area (Å²) in [5.74, 6) is 1.32. The number of methoxy groups -OCH3 is 1. The Morgan fingerprint density at radius 1 is 1.33 bits per heavy atom. The molecule has 0 aliphatic carbocycles. The minimum atomic E-state index is -0.794. The van der Waals surface area contributed by atoms with E-state index in [1.165, 1.54) is 0 Å². The highest BCUT2D eigenvalue weighted by Gasteiger charge is 1.98. The second-order valence-electron chi connectivity index (χ2n) is 2.40. The lowest BCUT2D eigenvalue weighted by molar-refractivity contribution is -0.000403. The molecule has 0 saturated carbocycles.